The number of ether oxygens (including phenoxy) is 1. The molecule has 1 heterocycles. The third kappa shape index (κ3) is 4.42. The quantitative estimate of drug-likeness (QED) is 0.885. The van der Waals surface area contributed by atoms with Crippen molar-refractivity contribution >= 4 is 41.5 Å². The van der Waals surface area contributed by atoms with E-state index in [1.807, 2.05) is 11.9 Å². The van der Waals surface area contributed by atoms with Gasteiger partial charge in [0.1, 0.15) is 5.75 Å². The third-order valence-corrected chi connectivity index (χ3v) is 4.59. The van der Waals surface area contributed by atoms with Crippen LogP contribution < -0.4 is 10.1 Å². The molecular weight excluding hydrogens is 347 g/mol. The van der Waals surface area contributed by atoms with E-state index in [1.54, 1.807) is 12.1 Å². The Morgan fingerprint density at radius 2 is 1.91 bits per heavy atom. The van der Waals surface area contributed by atoms with E-state index in [0.717, 1.165) is 32.5 Å². The van der Waals surface area contributed by atoms with Crippen LogP contribution in [0.4, 0.5) is 0 Å². The molecule has 1 fully saturated rings. The average Bonchev–Trinajstić information content (AvgIpc) is 2.50. The molecule has 2 rings (SSSR count). The van der Waals surface area contributed by atoms with E-state index in [9.17, 15) is 4.79 Å². The van der Waals surface area contributed by atoms with Crippen LogP contribution in [-0.4, -0.2) is 44.6 Å². The molecule has 0 unspecified atom stereocenters. The zero-order valence-corrected chi connectivity index (χ0v) is 15.0. The van der Waals surface area contributed by atoms with Gasteiger partial charge in [-0.05, 0) is 38.4 Å². The smallest absolute Gasteiger partial charge is 0.257 e. The Labute approximate surface area is 147 Å². The maximum atomic E-state index is 12.6. The van der Waals surface area contributed by atoms with Gasteiger partial charge in [0.05, 0.1) is 22.7 Å². The highest BCUT2D eigenvalue weighted by Crippen LogP contribution is 2.32. The van der Waals surface area contributed by atoms with Crippen molar-refractivity contribution in [2.45, 2.75) is 12.8 Å². The lowest BCUT2D eigenvalue weighted by atomic mass is 9.96. The average molecular weight is 368 g/mol. The van der Waals surface area contributed by atoms with Gasteiger partial charge in [-0.25, -0.2) is 0 Å². The van der Waals surface area contributed by atoms with Crippen molar-refractivity contribution in [3.63, 3.8) is 0 Å². The predicted octanol–water partition coefficient (Wildman–Crippen LogP) is 3.50. The SMILES string of the molecule is CNCC1CCN(C(=O)c2cc(Cl)c(Cl)cc2OC)CC1.Cl. The van der Waals surface area contributed by atoms with Gasteiger partial charge in [0.25, 0.3) is 5.91 Å². The van der Waals surface area contributed by atoms with Crippen LogP contribution in [0, 0.1) is 5.92 Å². The highest BCUT2D eigenvalue weighted by Gasteiger charge is 2.25. The number of nitrogens with one attached hydrogen (secondary N) is 1. The molecule has 1 amide bonds. The largest absolute Gasteiger partial charge is 0.496 e. The van der Waals surface area contributed by atoms with Crippen LogP contribution >= 0.6 is 35.6 Å². The zero-order valence-electron chi connectivity index (χ0n) is 12.7. The van der Waals surface area contributed by atoms with Gasteiger partial charge in [-0.1, -0.05) is 23.2 Å². The van der Waals surface area contributed by atoms with Gasteiger partial charge < -0.3 is 15.0 Å². The summed E-state index contributed by atoms with van der Waals surface area (Å²) in [6, 6.07) is 3.18. The lowest BCUT2D eigenvalue weighted by Gasteiger charge is -2.32. The van der Waals surface area contributed by atoms with Gasteiger partial charge in [0, 0.05) is 19.2 Å². The number of carbonyl (C=O) groups is 1. The summed E-state index contributed by atoms with van der Waals surface area (Å²) in [5.74, 6) is 1.05. The number of hydrogen-bond acceptors (Lipinski definition) is 3. The third-order valence-electron chi connectivity index (χ3n) is 3.87. The number of piperidine rings is 1. The summed E-state index contributed by atoms with van der Waals surface area (Å²) in [6.07, 6.45) is 2.02. The Bertz CT molecular complexity index is 518. The van der Waals surface area contributed by atoms with E-state index in [2.05, 4.69) is 5.32 Å². The van der Waals surface area contributed by atoms with Crippen molar-refractivity contribution in [1.29, 1.82) is 0 Å². The first-order chi connectivity index (χ1) is 10.1. The molecule has 0 spiro atoms. The number of carbonyl (C=O) groups excluding carboxylic acids is 1. The molecule has 0 bridgehead atoms. The lowest BCUT2D eigenvalue weighted by molar-refractivity contribution is 0.0687. The summed E-state index contributed by atoms with van der Waals surface area (Å²) < 4.78 is 5.25. The standard InChI is InChI=1S/C15H20Cl2N2O2.ClH/c1-18-9-10-3-5-19(6-4-10)15(20)11-7-12(16)13(17)8-14(11)21-2;/h7-8,10,18H,3-6,9H2,1-2H3;1H. The molecule has 1 N–H and O–H groups in total. The topological polar surface area (TPSA) is 41.6 Å². The number of methoxy groups -OCH3 is 1. The van der Waals surface area contributed by atoms with Gasteiger partial charge in [0.15, 0.2) is 0 Å². The Balaban J connectivity index is 0.00000242. The fourth-order valence-electron chi connectivity index (χ4n) is 2.66. The number of nitrogens with zero attached hydrogens (tertiary/aromatic N) is 1. The first-order valence-corrected chi connectivity index (χ1v) is 7.79. The van der Waals surface area contributed by atoms with Crippen LogP contribution in [0.3, 0.4) is 0 Å². The molecule has 1 aromatic rings. The number of likely N-dealkylation sites (tertiary alicyclic amines) is 1. The summed E-state index contributed by atoms with van der Waals surface area (Å²) in [7, 11) is 3.48. The molecular formula is C15H21Cl3N2O2. The number of amides is 1. The zero-order chi connectivity index (χ0) is 15.4. The first kappa shape index (κ1) is 19.4. The minimum atomic E-state index is -0.0478. The van der Waals surface area contributed by atoms with E-state index in [0.29, 0.717) is 27.3 Å². The second kappa shape index (κ2) is 8.82. The molecule has 1 saturated heterocycles. The molecule has 1 aliphatic heterocycles. The predicted molar refractivity (Wildman–Crippen MR) is 92.8 cm³/mol. The van der Waals surface area contributed by atoms with E-state index in [-0.39, 0.29) is 18.3 Å². The summed E-state index contributed by atoms with van der Waals surface area (Å²) >= 11 is 12.0. The summed E-state index contributed by atoms with van der Waals surface area (Å²) in [5.41, 5.74) is 0.471. The van der Waals surface area contributed by atoms with Gasteiger partial charge >= 0.3 is 0 Å². The Hall–Kier alpha value is -0.680. The van der Waals surface area contributed by atoms with Crippen LogP contribution in [-0.2, 0) is 0 Å². The second-order valence-electron chi connectivity index (χ2n) is 5.26. The van der Waals surface area contributed by atoms with Crippen molar-refractivity contribution in [1.82, 2.24) is 10.2 Å². The maximum absolute atomic E-state index is 12.6. The molecule has 0 saturated carbocycles. The van der Waals surface area contributed by atoms with Crippen molar-refractivity contribution in [3.05, 3.63) is 27.7 Å². The van der Waals surface area contributed by atoms with Gasteiger partial charge in [-0.2, -0.15) is 0 Å². The van der Waals surface area contributed by atoms with Crippen molar-refractivity contribution in [2.75, 3.05) is 33.8 Å². The summed E-state index contributed by atoms with van der Waals surface area (Å²) in [6.45, 7) is 2.52. The van der Waals surface area contributed by atoms with E-state index in [4.69, 9.17) is 27.9 Å². The lowest BCUT2D eigenvalue weighted by Crippen LogP contribution is -2.40. The molecule has 4 nitrogen and oxygen atoms in total. The van der Waals surface area contributed by atoms with Gasteiger partial charge in [0.2, 0.25) is 0 Å². The van der Waals surface area contributed by atoms with Crippen LogP contribution in [0.1, 0.15) is 23.2 Å². The molecule has 0 aromatic heterocycles. The van der Waals surface area contributed by atoms with Crippen LogP contribution in [0.5, 0.6) is 5.75 Å². The van der Waals surface area contributed by atoms with E-state index in [1.165, 1.54) is 7.11 Å². The Kier molecular flexibility index (Phi) is 7.77. The minimum absolute atomic E-state index is 0. The highest BCUT2D eigenvalue weighted by atomic mass is 35.5. The molecule has 1 aliphatic rings. The molecule has 0 aliphatic carbocycles. The molecule has 124 valence electrons. The maximum Gasteiger partial charge on any atom is 0.257 e. The normalized spacial score (nSPS) is 15.4. The van der Waals surface area contributed by atoms with Crippen LogP contribution in [0.25, 0.3) is 0 Å². The molecule has 7 heteroatoms. The van der Waals surface area contributed by atoms with E-state index < -0.39 is 0 Å². The number of halogens is 3. The fourth-order valence-corrected chi connectivity index (χ4v) is 2.98. The number of hydrogen-bond donors (Lipinski definition) is 1. The minimum Gasteiger partial charge on any atom is -0.496 e. The molecule has 0 atom stereocenters. The fraction of sp³-hybridized carbons (Fsp3) is 0.533. The number of benzene rings is 1. The summed E-state index contributed by atoms with van der Waals surface area (Å²) in [5, 5.41) is 3.94. The highest BCUT2D eigenvalue weighted by molar-refractivity contribution is 6.42. The monoisotopic (exact) mass is 366 g/mol. The number of rotatable bonds is 4. The van der Waals surface area contributed by atoms with Crippen molar-refractivity contribution in [3.8, 4) is 5.75 Å². The van der Waals surface area contributed by atoms with Gasteiger partial charge in [-0.3, -0.25) is 4.79 Å². The van der Waals surface area contributed by atoms with Crippen molar-refractivity contribution < 1.29 is 9.53 Å². The molecule has 22 heavy (non-hydrogen) atoms. The molecule has 0 radical (unpaired) electrons. The summed E-state index contributed by atoms with van der Waals surface area (Å²) in [4.78, 5) is 14.5. The Morgan fingerprint density at radius 1 is 1.32 bits per heavy atom. The Morgan fingerprint density at radius 3 is 2.45 bits per heavy atom. The van der Waals surface area contributed by atoms with Crippen LogP contribution in [0.15, 0.2) is 12.1 Å². The van der Waals surface area contributed by atoms with Crippen LogP contribution in [0.2, 0.25) is 10.0 Å². The second-order valence-corrected chi connectivity index (χ2v) is 6.07. The van der Waals surface area contributed by atoms with Crippen molar-refractivity contribution in [2.24, 2.45) is 5.92 Å². The first-order valence-electron chi connectivity index (χ1n) is 7.03. The molecule has 1 aromatic carbocycles. The van der Waals surface area contributed by atoms with Gasteiger partial charge in [-0.15, -0.1) is 12.4 Å². The van der Waals surface area contributed by atoms with E-state index >= 15 is 0 Å².